The molecule has 1 fully saturated rings. The van der Waals surface area contributed by atoms with Gasteiger partial charge in [-0.1, -0.05) is 11.2 Å². The van der Waals surface area contributed by atoms with Crippen molar-refractivity contribution >= 4 is 18.4 Å². The quantitative estimate of drug-likeness (QED) is 0.567. The second-order valence-corrected chi connectivity index (χ2v) is 8.45. The van der Waals surface area contributed by atoms with Crippen LogP contribution in [0.1, 0.15) is 42.0 Å². The molecular weight excluding hydrogens is 469 g/mol. The van der Waals surface area contributed by atoms with Gasteiger partial charge in [0.05, 0.1) is 19.4 Å². The van der Waals surface area contributed by atoms with Crippen LogP contribution >= 0.6 is 0 Å². The number of hydrogen-bond acceptors (Lipinski definition) is 9. The number of hydrogen-bond donors (Lipinski definition) is 2. The number of carbonyl (C=O) groups excluding carboxylic acids is 2. The van der Waals surface area contributed by atoms with Crippen LogP contribution in [0.3, 0.4) is 0 Å². The molecule has 3 heterocycles. The molecule has 1 amide bonds. The van der Waals surface area contributed by atoms with Crippen LogP contribution in [0.4, 0.5) is 4.39 Å². The summed E-state index contributed by atoms with van der Waals surface area (Å²) in [7, 11) is 3.63. The number of ether oxygens (including phenoxy) is 1. The number of piperidine rings is 1. The number of likely N-dealkylation sites (tertiary alicyclic amines) is 1. The number of aliphatic hydroxyl groups is 1. The smallest absolute Gasteiger partial charge is 0.204 e. The number of methoxy groups -OCH3 is 1. The van der Waals surface area contributed by atoms with E-state index in [1.807, 2.05) is 13.0 Å². The lowest BCUT2D eigenvalue weighted by Crippen LogP contribution is -2.35. The second-order valence-electron chi connectivity index (χ2n) is 8.45. The van der Waals surface area contributed by atoms with Crippen LogP contribution in [0.2, 0.25) is 0 Å². The Hall–Kier alpha value is -3.44. The van der Waals surface area contributed by atoms with Crippen molar-refractivity contribution in [1.29, 1.82) is 0 Å². The third kappa shape index (κ3) is 8.65. The molecule has 0 saturated carbocycles. The first kappa shape index (κ1) is 28.8. The lowest BCUT2D eigenvalue weighted by atomic mass is 9.88. The van der Waals surface area contributed by atoms with Crippen LogP contribution in [0, 0.1) is 18.7 Å². The van der Waals surface area contributed by atoms with Crippen molar-refractivity contribution in [2.75, 3.05) is 33.9 Å². The van der Waals surface area contributed by atoms with Gasteiger partial charge in [0, 0.05) is 24.5 Å². The number of amides is 1. The molecule has 1 aromatic heterocycles. The van der Waals surface area contributed by atoms with Gasteiger partial charge in [0.25, 0.3) is 0 Å². The van der Waals surface area contributed by atoms with Crippen LogP contribution < -0.4 is 10.5 Å². The largest absolute Gasteiger partial charge is 0.494 e. The van der Waals surface area contributed by atoms with E-state index in [2.05, 4.69) is 32.8 Å². The molecule has 2 aliphatic heterocycles. The maximum atomic E-state index is 13.7. The molecule has 2 aliphatic rings. The van der Waals surface area contributed by atoms with E-state index in [1.165, 1.54) is 13.2 Å². The van der Waals surface area contributed by atoms with Gasteiger partial charge in [-0.2, -0.15) is 0 Å². The second kappa shape index (κ2) is 14.8. The Morgan fingerprint density at radius 3 is 2.53 bits per heavy atom. The van der Waals surface area contributed by atoms with E-state index >= 15 is 0 Å². The monoisotopic (exact) mass is 503 g/mol. The van der Waals surface area contributed by atoms with Crippen molar-refractivity contribution in [2.45, 2.75) is 38.7 Å². The highest BCUT2D eigenvalue weighted by molar-refractivity contribution is 5.99. The Morgan fingerprint density at radius 2 is 1.92 bits per heavy atom. The summed E-state index contributed by atoms with van der Waals surface area (Å²) < 4.78 is 18.8. The van der Waals surface area contributed by atoms with Crippen LogP contribution in [0.5, 0.6) is 5.75 Å². The molecule has 2 aromatic rings. The zero-order valence-corrected chi connectivity index (χ0v) is 20.9. The average Bonchev–Trinajstić information content (AvgIpc) is 3.36. The molecule has 10 nitrogen and oxygen atoms in total. The summed E-state index contributed by atoms with van der Waals surface area (Å²) >= 11 is 0. The maximum absolute atomic E-state index is 13.7. The predicted molar refractivity (Wildman–Crippen MR) is 132 cm³/mol. The Bertz CT molecular complexity index is 1030. The molecule has 36 heavy (non-hydrogen) atoms. The number of halogens is 1. The number of benzene rings is 1. The van der Waals surface area contributed by atoms with Gasteiger partial charge in [-0.25, -0.2) is 14.4 Å². The van der Waals surface area contributed by atoms with Gasteiger partial charge in [-0.05, 0) is 63.7 Å². The summed E-state index contributed by atoms with van der Waals surface area (Å²) in [6.45, 7) is 3.73. The fourth-order valence-electron chi connectivity index (χ4n) is 4.09. The molecule has 0 aliphatic carbocycles. The summed E-state index contributed by atoms with van der Waals surface area (Å²) in [5.41, 5.74) is 7.67. The van der Waals surface area contributed by atoms with E-state index in [-0.39, 0.29) is 30.7 Å². The van der Waals surface area contributed by atoms with Crippen molar-refractivity contribution < 1.29 is 28.7 Å². The molecule has 0 radical (unpaired) electrons. The van der Waals surface area contributed by atoms with Gasteiger partial charge >= 0.3 is 0 Å². The Balaban J connectivity index is 0.000000583. The lowest BCUT2D eigenvalue weighted by Gasteiger charge is -2.31. The van der Waals surface area contributed by atoms with E-state index in [0.29, 0.717) is 24.4 Å². The standard InChI is InChI=1S/C22H27FN4O2.C2H4O2.CH3NO/c1-14-24-17(10-15-4-5-18(23)22(11-15)28-3)12-19(25-14)20-13-21(29-26-20)16-6-8-27(2)9-7-16;3-1-2-4;2-1-3/h4-5,11-12,16,21H,6-10,13H2,1-3H3;1,4H,2H2;1H,(H2,2,3). The van der Waals surface area contributed by atoms with Gasteiger partial charge < -0.3 is 30.1 Å². The van der Waals surface area contributed by atoms with E-state index in [9.17, 15) is 4.39 Å². The molecule has 1 unspecified atom stereocenters. The molecule has 4 rings (SSSR count). The number of aryl methyl sites for hydroxylation is 1. The van der Waals surface area contributed by atoms with Crippen molar-refractivity contribution in [2.24, 2.45) is 16.8 Å². The van der Waals surface area contributed by atoms with E-state index in [1.54, 1.807) is 12.1 Å². The summed E-state index contributed by atoms with van der Waals surface area (Å²) in [6.07, 6.45) is 4.46. The Morgan fingerprint density at radius 1 is 1.25 bits per heavy atom. The number of aromatic nitrogens is 2. The number of aliphatic hydroxyl groups excluding tert-OH is 1. The van der Waals surface area contributed by atoms with Crippen molar-refractivity contribution in [3.8, 4) is 5.75 Å². The zero-order chi connectivity index (χ0) is 26.5. The van der Waals surface area contributed by atoms with Crippen LogP contribution in [0.25, 0.3) is 0 Å². The summed E-state index contributed by atoms with van der Waals surface area (Å²) in [5.74, 6) is 1.11. The lowest BCUT2D eigenvalue weighted by molar-refractivity contribution is -0.110. The summed E-state index contributed by atoms with van der Waals surface area (Å²) in [5, 5.41) is 11.9. The first-order valence-electron chi connectivity index (χ1n) is 11.6. The first-order chi connectivity index (χ1) is 17.3. The Kier molecular flexibility index (Phi) is 11.9. The molecule has 196 valence electrons. The van der Waals surface area contributed by atoms with Gasteiger partial charge in [-0.3, -0.25) is 4.79 Å². The highest BCUT2D eigenvalue weighted by Gasteiger charge is 2.32. The SMILES string of the molecule is COc1cc(Cc2cc(C3=NOC(C4CCN(C)CC4)C3)nc(C)n2)ccc1F.NC=O.O=CCO. The van der Waals surface area contributed by atoms with Crippen molar-refractivity contribution in [3.63, 3.8) is 0 Å². The summed E-state index contributed by atoms with van der Waals surface area (Å²) in [6, 6.07) is 6.84. The zero-order valence-electron chi connectivity index (χ0n) is 20.9. The molecule has 11 heteroatoms. The third-order valence-corrected chi connectivity index (χ3v) is 5.84. The summed E-state index contributed by atoms with van der Waals surface area (Å²) in [4.78, 5) is 34.8. The molecule has 1 saturated heterocycles. The van der Waals surface area contributed by atoms with Gasteiger partial charge in [0.2, 0.25) is 6.41 Å². The molecular formula is C25H34FN5O5. The van der Waals surface area contributed by atoms with Crippen molar-refractivity contribution in [1.82, 2.24) is 14.9 Å². The normalized spacial score (nSPS) is 17.5. The van der Waals surface area contributed by atoms with Crippen LogP contribution in [-0.2, 0) is 20.8 Å². The molecule has 3 N–H and O–H groups in total. The highest BCUT2D eigenvalue weighted by Crippen LogP contribution is 2.29. The highest BCUT2D eigenvalue weighted by atomic mass is 19.1. The minimum absolute atomic E-state index is 0.138. The number of aldehydes is 1. The topological polar surface area (TPSA) is 140 Å². The van der Waals surface area contributed by atoms with Crippen molar-refractivity contribution in [3.05, 3.63) is 52.9 Å². The van der Waals surface area contributed by atoms with Gasteiger partial charge in [0.15, 0.2) is 11.6 Å². The van der Waals surface area contributed by atoms with Crippen LogP contribution in [0.15, 0.2) is 29.4 Å². The molecule has 1 atom stereocenters. The number of nitrogens with two attached hydrogens (primary N) is 1. The number of nitrogens with zero attached hydrogens (tertiary/aromatic N) is 4. The average molecular weight is 504 g/mol. The number of primary amides is 1. The number of carbonyl (C=O) groups is 2. The predicted octanol–water partition coefficient (Wildman–Crippen LogP) is 1.64. The first-order valence-corrected chi connectivity index (χ1v) is 11.6. The van der Waals surface area contributed by atoms with Crippen LogP contribution in [-0.4, -0.2) is 78.3 Å². The van der Waals surface area contributed by atoms with Gasteiger partial charge in [0.1, 0.15) is 23.9 Å². The van der Waals surface area contributed by atoms with E-state index in [0.717, 1.165) is 55.0 Å². The number of oxime groups is 1. The fraction of sp³-hybridized carbons (Fsp3) is 0.480. The molecule has 0 bridgehead atoms. The minimum atomic E-state index is -0.367. The minimum Gasteiger partial charge on any atom is -0.494 e. The number of rotatable bonds is 6. The van der Waals surface area contributed by atoms with E-state index < -0.39 is 0 Å². The molecule has 1 aromatic carbocycles. The molecule has 0 spiro atoms. The van der Waals surface area contributed by atoms with Gasteiger partial charge in [-0.15, -0.1) is 0 Å². The maximum Gasteiger partial charge on any atom is 0.204 e. The Labute approximate surface area is 210 Å². The fourth-order valence-corrected chi connectivity index (χ4v) is 4.09. The third-order valence-electron chi connectivity index (χ3n) is 5.84. The van der Waals surface area contributed by atoms with E-state index in [4.69, 9.17) is 24.3 Å².